The third kappa shape index (κ3) is 1.81. The minimum Gasteiger partial charge on any atom is -0.300 e. The van der Waals surface area contributed by atoms with E-state index in [4.69, 9.17) is 0 Å². The van der Waals surface area contributed by atoms with Crippen LogP contribution in [0.5, 0.6) is 0 Å². The fourth-order valence-electron chi connectivity index (χ4n) is 6.56. The molecule has 0 spiro atoms. The molecule has 1 aromatic carbocycles. The number of carbonyl (C=O) groups is 2. The number of Topliss-reactive ketones (excluding diaryl/α,β-unsaturated/α-hetero) is 2. The predicted molar refractivity (Wildman–Crippen MR) is 90.1 cm³/mol. The lowest BCUT2D eigenvalue weighted by Crippen LogP contribution is -2.56. The summed E-state index contributed by atoms with van der Waals surface area (Å²) in [5.74, 6) is 1.81. The van der Waals surface area contributed by atoms with Crippen LogP contribution in [-0.4, -0.2) is 11.6 Å². The Morgan fingerprint density at radius 3 is 2.57 bits per heavy atom. The topological polar surface area (TPSA) is 34.1 Å². The summed E-state index contributed by atoms with van der Waals surface area (Å²) in [5, 5.41) is 0. The third-order valence-electron chi connectivity index (χ3n) is 7.44. The first kappa shape index (κ1) is 15.1. The average Bonchev–Trinajstić information content (AvgIpc) is 2.69. The van der Waals surface area contributed by atoms with Gasteiger partial charge in [0, 0.05) is 23.7 Å². The van der Waals surface area contributed by atoms with Crippen LogP contribution in [0.4, 0.5) is 0 Å². The zero-order chi connectivity index (χ0) is 16.6. The van der Waals surface area contributed by atoms with Gasteiger partial charge in [0.25, 0.3) is 0 Å². The Hall–Kier alpha value is -1.44. The summed E-state index contributed by atoms with van der Waals surface area (Å²) < 4.78 is 0. The zero-order valence-corrected chi connectivity index (χ0v) is 14.6. The molecule has 4 fully saturated rings. The van der Waals surface area contributed by atoms with Crippen molar-refractivity contribution in [3.05, 3.63) is 35.4 Å². The number of aryl methyl sites for hydroxylation is 1. The van der Waals surface area contributed by atoms with E-state index < -0.39 is 0 Å². The molecule has 2 heteroatoms. The average molecular weight is 310 g/mol. The van der Waals surface area contributed by atoms with E-state index >= 15 is 0 Å². The second kappa shape index (κ2) is 4.55. The van der Waals surface area contributed by atoms with Crippen molar-refractivity contribution < 1.29 is 9.59 Å². The summed E-state index contributed by atoms with van der Waals surface area (Å²) in [5.41, 5.74) is 2.43. The first-order chi connectivity index (χ1) is 10.8. The molecule has 1 aromatic rings. The van der Waals surface area contributed by atoms with Crippen molar-refractivity contribution in [1.82, 2.24) is 0 Å². The number of hydrogen-bond acceptors (Lipinski definition) is 2. The zero-order valence-electron chi connectivity index (χ0n) is 14.6. The minimum atomic E-state index is -0.301. The van der Waals surface area contributed by atoms with E-state index in [1.165, 1.54) is 11.1 Å². The number of ketones is 2. The molecule has 1 unspecified atom stereocenters. The third-order valence-corrected chi connectivity index (χ3v) is 7.44. The number of hydrogen-bond donors (Lipinski definition) is 0. The normalized spacial score (nSPS) is 44.6. The van der Waals surface area contributed by atoms with E-state index in [1.54, 1.807) is 6.92 Å². The molecule has 4 aliphatic carbocycles. The van der Waals surface area contributed by atoms with Gasteiger partial charge in [-0.1, -0.05) is 38.1 Å². The molecule has 4 aliphatic rings. The summed E-state index contributed by atoms with van der Waals surface area (Å²) in [6.45, 7) is 8.39. The van der Waals surface area contributed by atoms with Crippen LogP contribution in [0.25, 0.3) is 0 Å². The molecule has 0 N–H and O–H groups in total. The quantitative estimate of drug-likeness (QED) is 0.815. The molecule has 4 saturated carbocycles. The van der Waals surface area contributed by atoms with Gasteiger partial charge in [-0.15, -0.1) is 0 Å². The number of rotatable bonds is 2. The first-order valence-electron chi connectivity index (χ1n) is 8.87. The lowest BCUT2D eigenvalue weighted by atomic mass is 9.44. The van der Waals surface area contributed by atoms with E-state index in [0.29, 0.717) is 29.8 Å². The summed E-state index contributed by atoms with van der Waals surface area (Å²) in [6.07, 6.45) is 2.61. The van der Waals surface area contributed by atoms with Crippen molar-refractivity contribution in [3.8, 4) is 0 Å². The van der Waals surface area contributed by atoms with Gasteiger partial charge in [0.15, 0.2) is 0 Å². The highest BCUT2D eigenvalue weighted by atomic mass is 16.1. The molecule has 23 heavy (non-hydrogen) atoms. The van der Waals surface area contributed by atoms with E-state index in [9.17, 15) is 9.59 Å². The van der Waals surface area contributed by atoms with Crippen LogP contribution in [0.15, 0.2) is 24.3 Å². The lowest BCUT2D eigenvalue weighted by molar-refractivity contribution is -0.152. The molecule has 0 aliphatic heterocycles. The van der Waals surface area contributed by atoms with E-state index in [2.05, 4.69) is 45.0 Å². The van der Waals surface area contributed by atoms with E-state index in [-0.39, 0.29) is 22.7 Å². The van der Waals surface area contributed by atoms with Crippen LogP contribution in [0, 0.1) is 35.5 Å². The molecule has 0 heterocycles. The van der Waals surface area contributed by atoms with Crippen molar-refractivity contribution in [2.24, 2.45) is 28.6 Å². The largest absolute Gasteiger partial charge is 0.300 e. The molecular weight excluding hydrogens is 284 g/mol. The second-order valence-electron chi connectivity index (χ2n) is 8.81. The van der Waals surface area contributed by atoms with Crippen LogP contribution in [0.2, 0.25) is 0 Å². The van der Waals surface area contributed by atoms with Gasteiger partial charge in [-0.25, -0.2) is 0 Å². The standard InChI is InChI=1S/C21H26O2/c1-12-7-5-6-8-14(12)19-18-15(13(2)22)10-20(3)11-21(19,4)17(23)9-16(18)20/h5-8,15-16,18-19H,9-11H2,1-4H3/t15-,16?,18-,19+,20-,21+/m1/s1. The maximum Gasteiger partial charge on any atom is 0.139 e. The molecule has 5 rings (SSSR count). The van der Waals surface area contributed by atoms with Crippen LogP contribution in [0.1, 0.15) is 57.1 Å². The van der Waals surface area contributed by atoms with Gasteiger partial charge in [0.05, 0.1) is 0 Å². The Balaban J connectivity index is 1.92. The molecule has 0 radical (unpaired) electrons. The molecule has 0 amide bonds. The van der Waals surface area contributed by atoms with Crippen LogP contribution >= 0.6 is 0 Å². The highest BCUT2D eigenvalue weighted by molar-refractivity contribution is 5.90. The summed E-state index contributed by atoms with van der Waals surface area (Å²) in [4.78, 5) is 25.3. The fourth-order valence-corrected chi connectivity index (χ4v) is 6.56. The molecule has 0 aromatic heterocycles. The monoisotopic (exact) mass is 310 g/mol. The van der Waals surface area contributed by atoms with E-state index in [1.807, 2.05) is 0 Å². The summed E-state index contributed by atoms with van der Waals surface area (Å²) >= 11 is 0. The van der Waals surface area contributed by atoms with Gasteiger partial charge in [-0.3, -0.25) is 9.59 Å². The highest BCUT2D eigenvalue weighted by Crippen LogP contribution is 2.73. The fraction of sp³-hybridized carbons (Fsp3) is 0.619. The highest BCUT2D eigenvalue weighted by Gasteiger charge is 2.69. The van der Waals surface area contributed by atoms with Crippen molar-refractivity contribution in [2.75, 3.05) is 0 Å². The predicted octanol–water partition coefficient (Wildman–Crippen LogP) is 4.31. The maximum atomic E-state index is 12.9. The van der Waals surface area contributed by atoms with Crippen molar-refractivity contribution in [1.29, 1.82) is 0 Å². The number of fused-ring (bicyclic) bond motifs is 1. The van der Waals surface area contributed by atoms with Gasteiger partial charge in [-0.2, -0.15) is 0 Å². The molecule has 122 valence electrons. The van der Waals surface area contributed by atoms with Gasteiger partial charge < -0.3 is 0 Å². The molecule has 6 atom stereocenters. The van der Waals surface area contributed by atoms with Gasteiger partial charge >= 0.3 is 0 Å². The Bertz CT molecular complexity index is 706. The maximum absolute atomic E-state index is 12.9. The lowest BCUT2D eigenvalue weighted by Gasteiger charge is -2.58. The molecule has 2 nitrogen and oxygen atoms in total. The first-order valence-corrected chi connectivity index (χ1v) is 8.87. The summed E-state index contributed by atoms with van der Waals surface area (Å²) in [6, 6.07) is 8.47. The Labute approximate surface area is 138 Å². The van der Waals surface area contributed by atoms with Gasteiger partial charge in [-0.05, 0) is 55.1 Å². The number of carbonyl (C=O) groups excluding carboxylic acids is 2. The van der Waals surface area contributed by atoms with Crippen LogP contribution in [0.3, 0.4) is 0 Å². The Morgan fingerprint density at radius 2 is 1.91 bits per heavy atom. The van der Waals surface area contributed by atoms with Gasteiger partial charge in [0.2, 0.25) is 0 Å². The van der Waals surface area contributed by atoms with Crippen molar-refractivity contribution >= 4 is 11.6 Å². The minimum absolute atomic E-state index is 0.129. The Kier molecular flexibility index (Phi) is 2.99. The van der Waals surface area contributed by atoms with Gasteiger partial charge in [0.1, 0.15) is 11.6 Å². The second-order valence-corrected chi connectivity index (χ2v) is 8.81. The van der Waals surface area contributed by atoms with Crippen LogP contribution in [-0.2, 0) is 9.59 Å². The van der Waals surface area contributed by atoms with E-state index in [0.717, 1.165) is 12.8 Å². The molecular formula is C21H26O2. The molecule has 0 saturated heterocycles. The molecule has 4 bridgehead atoms. The number of benzene rings is 1. The smallest absolute Gasteiger partial charge is 0.139 e. The van der Waals surface area contributed by atoms with Crippen molar-refractivity contribution in [3.63, 3.8) is 0 Å². The summed E-state index contributed by atoms with van der Waals surface area (Å²) in [7, 11) is 0. The van der Waals surface area contributed by atoms with Crippen molar-refractivity contribution in [2.45, 2.75) is 52.9 Å². The SMILES string of the molecule is CC(=O)[C@H]1C[C@]2(C)C[C@@]3(C)C(=O)CC2[C@@H]1[C@@H]3c1ccccc1C. The Morgan fingerprint density at radius 1 is 1.22 bits per heavy atom. The van der Waals surface area contributed by atoms with Crippen LogP contribution < -0.4 is 0 Å².